The maximum absolute atomic E-state index is 13.6. The third kappa shape index (κ3) is 3.98. The molecule has 0 radical (unpaired) electrons. The quantitative estimate of drug-likeness (QED) is 0.926. The highest BCUT2D eigenvalue weighted by atomic mass is 19.3. The third-order valence-electron chi connectivity index (χ3n) is 2.70. The lowest BCUT2D eigenvalue weighted by atomic mass is 10.1. The van der Waals surface area contributed by atoms with Gasteiger partial charge in [-0.25, -0.2) is 4.39 Å². The van der Waals surface area contributed by atoms with Crippen LogP contribution in [0.15, 0.2) is 42.5 Å². The Hall–Kier alpha value is -2.50. The van der Waals surface area contributed by atoms with Crippen molar-refractivity contribution in [1.82, 2.24) is 0 Å². The maximum atomic E-state index is 13.6. The number of aryl methyl sites for hydroxylation is 1. The minimum atomic E-state index is -2.91. The van der Waals surface area contributed by atoms with E-state index in [1.54, 1.807) is 13.0 Å². The van der Waals surface area contributed by atoms with E-state index in [0.29, 0.717) is 5.69 Å². The molecule has 0 aliphatic rings. The fourth-order valence-electron chi connectivity index (χ4n) is 1.73. The monoisotopic (exact) mass is 295 g/mol. The molecule has 2 rings (SSSR count). The summed E-state index contributed by atoms with van der Waals surface area (Å²) < 4.78 is 41.8. The first-order valence-corrected chi connectivity index (χ1v) is 6.08. The molecule has 6 heteroatoms. The number of hydrogen-bond donors (Lipinski definition) is 1. The van der Waals surface area contributed by atoms with Crippen molar-refractivity contribution in [2.45, 2.75) is 13.5 Å². The van der Waals surface area contributed by atoms with Crippen molar-refractivity contribution in [1.29, 1.82) is 0 Å². The number of benzene rings is 2. The maximum Gasteiger partial charge on any atom is 0.387 e. The number of amides is 1. The predicted octanol–water partition coefficient (Wildman–Crippen LogP) is 3.99. The first-order chi connectivity index (χ1) is 9.95. The molecular formula is C15H12F3NO2. The van der Waals surface area contributed by atoms with Gasteiger partial charge in [-0.15, -0.1) is 0 Å². The third-order valence-corrected chi connectivity index (χ3v) is 2.70. The molecule has 1 amide bonds. The molecule has 0 aliphatic heterocycles. The van der Waals surface area contributed by atoms with Crippen LogP contribution in [0.1, 0.15) is 15.9 Å². The van der Waals surface area contributed by atoms with Gasteiger partial charge in [-0.3, -0.25) is 4.79 Å². The number of anilines is 1. The standard InChI is InChI=1S/C15H12F3NO2/c1-9-2-7-13(16)12(8-9)14(20)19-10-3-5-11(6-4-10)21-15(17)18/h2-8,15H,1H3,(H,19,20). The summed E-state index contributed by atoms with van der Waals surface area (Å²) in [5.41, 5.74) is 1.02. The van der Waals surface area contributed by atoms with Crippen molar-refractivity contribution in [2.75, 3.05) is 5.32 Å². The van der Waals surface area contributed by atoms with Gasteiger partial charge in [0, 0.05) is 5.69 Å². The van der Waals surface area contributed by atoms with E-state index in [4.69, 9.17) is 0 Å². The van der Waals surface area contributed by atoms with Crippen LogP contribution in [0, 0.1) is 12.7 Å². The van der Waals surface area contributed by atoms with E-state index in [9.17, 15) is 18.0 Å². The molecule has 2 aromatic rings. The number of halogens is 3. The highest BCUT2D eigenvalue weighted by Gasteiger charge is 2.12. The lowest BCUT2D eigenvalue weighted by Crippen LogP contribution is -2.14. The zero-order valence-corrected chi connectivity index (χ0v) is 11.1. The molecule has 21 heavy (non-hydrogen) atoms. The second-order valence-corrected chi connectivity index (χ2v) is 4.34. The van der Waals surface area contributed by atoms with Gasteiger partial charge in [-0.05, 0) is 43.3 Å². The Morgan fingerprint density at radius 3 is 2.43 bits per heavy atom. The fraction of sp³-hybridized carbons (Fsp3) is 0.133. The van der Waals surface area contributed by atoms with Crippen LogP contribution in [0.2, 0.25) is 0 Å². The lowest BCUT2D eigenvalue weighted by Gasteiger charge is -2.08. The number of carbonyl (C=O) groups excluding carboxylic acids is 1. The van der Waals surface area contributed by atoms with E-state index in [2.05, 4.69) is 10.1 Å². The first-order valence-electron chi connectivity index (χ1n) is 6.08. The van der Waals surface area contributed by atoms with Gasteiger partial charge in [0.15, 0.2) is 0 Å². The number of hydrogen-bond acceptors (Lipinski definition) is 2. The molecular weight excluding hydrogens is 283 g/mol. The molecule has 1 N–H and O–H groups in total. The molecule has 0 fully saturated rings. The molecule has 110 valence electrons. The van der Waals surface area contributed by atoms with Crippen LogP contribution in [0.5, 0.6) is 5.75 Å². The number of carbonyl (C=O) groups is 1. The van der Waals surface area contributed by atoms with E-state index < -0.39 is 18.3 Å². The predicted molar refractivity (Wildman–Crippen MR) is 72.2 cm³/mol. The summed E-state index contributed by atoms with van der Waals surface area (Å²) >= 11 is 0. The van der Waals surface area contributed by atoms with Gasteiger partial charge < -0.3 is 10.1 Å². The van der Waals surface area contributed by atoms with Gasteiger partial charge in [0.05, 0.1) is 5.56 Å². The van der Waals surface area contributed by atoms with Crippen LogP contribution in [0.3, 0.4) is 0 Å². The highest BCUT2D eigenvalue weighted by molar-refractivity contribution is 6.04. The summed E-state index contributed by atoms with van der Waals surface area (Å²) in [4.78, 5) is 11.9. The van der Waals surface area contributed by atoms with Crippen molar-refractivity contribution >= 4 is 11.6 Å². The van der Waals surface area contributed by atoms with Crippen LogP contribution in [-0.2, 0) is 0 Å². The fourth-order valence-corrected chi connectivity index (χ4v) is 1.73. The Balaban J connectivity index is 2.10. The Morgan fingerprint density at radius 2 is 1.81 bits per heavy atom. The molecule has 0 atom stereocenters. The van der Waals surface area contributed by atoms with Gasteiger partial charge in [0.25, 0.3) is 5.91 Å². The lowest BCUT2D eigenvalue weighted by molar-refractivity contribution is -0.0498. The Morgan fingerprint density at radius 1 is 1.14 bits per heavy atom. The second-order valence-electron chi connectivity index (χ2n) is 4.34. The summed E-state index contributed by atoms with van der Waals surface area (Å²) in [6.45, 7) is -1.17. The second kappa shape index (κ2) is 6.30. The van der Waals surface area contributed by atoms with Crippen LogP contribution in [-0.4, -0.2) is 12.5 Å². The van der Waals surface area contributed by atoms with Gasteiger partial charge in [0.2, 0.25) is 0 Å². The largest absolute Gasteiger partial charge is 0.435 e. The smallest absolute Gasteiger partial charge is 0.387 e. The molecule has 0 aromatic heterocycles. The van der Waals surface area contributed by atoms with E-state index in [-0.39, 0.29) is 11.3 Å². The Labute approximate surface area is 119 Å². The van der Waals surface area contributed by atoms with Crippen LogP contribution in [0.25, 0.3) is 0 Å². The van der Waals surface area contributed by atoms with E-state index in [0.717, 1.165) is 5.56 Å². The Bertz CT molecular complexity index is 642. The summed E-state index contributed by atoms with van der Waals surface area (Å²) in [6.07, 6.45) is 0. The van der Waals surface area contributed by atoms with Gasteiger partial charge in [-0.1, -0.05) is 11.6 Å². The number of ether oxygens (including phenoxy) is 1. The zero-order valence-electron chi connectivity index (χ0n) is 11.1. The molecule has 0 aliphatic carbocycles. The molecule has 3 nitrogen and oxygen atoms in total. The average molecular weight is 295 g/mol. The molecule has 0 saturated heterocycles. The molecule has 0 spiro atoms. The van der Waals surface area contributed by atoms with E-state index >= 15 is 0 Å². The van der Waals surface area contributed by atoms with E-state index in [1.165, 1.54) is 36.4 Å². The van der Waals surface area contributed by atoms with Crippen molar-refractivity contribution in [3.05, 3.63) is 59.4 Å². The van der Waals surface area contributed by atoms with Gasteiger partial charge >= 0.3 is 6.61 Å². The number of nitrogens with one attached hydrogen (secondary N) is 1. The highest BCUT2D eigenvalue weighted by Crippen LogP contribution is 2.19. The van der Waals surface area contributed by atoms with Gasteiger partial charge in [0.1, 0.15) is 11.6 Å². The Kier molecular flexibility index (Phi) is 4.47. The van der Waals surface area contributed by atoms with Crippen LogP contribution in [0.4, 0.5) is 18.9 Å². The SMILES string of the molecule is Cc1ccc(F)c(C(=O)Nc2ccc(OC(F)F)cc2)c1. The average Bonchev–Trinajstić information content (AvgIpc) is 2.43. The minimum absolute atomic E-state index is 0.0234. The van der Waals surface area contributed by atoms with Gasteiger partial charge in [-0.2, -0.15) is 8.78 Å². The molecule has 0 bridgehead atoms. The van der Waals surface area contributed by atoms with Crippen LogP contribution >= 0.6 is 0 Å². The number of alkyl halides is 2. The molecule has 0 heterocycles. The summed E-state index contributed by atoms with van der Waals surface area (Å²) in [5, 5.41) is 2.48. The van der Waals surface area contributed by atoms with Crippen molar-refractivity contribution in [3.8, 4) is 5.75 Å². The molecule has 0 unspecified atom stereocenters. The summed E-state index contributed by atoms with van der Waals surface area (Å²) in [7, 11) is 0. The van der Waals surface area contributed by atoms with Crippen molar-refractivity contribution in [3.63, 3.8) is 0 Å². The van der Waals surface area contributed by atoms with Crippen LogP contribution < -0.4 is 10.1 Å². The zero-order chi connectivity index (χ0) is 15.4. The summed E-state index contributed by atoms with van der Waals surface area (Å²) in [6, 6.07) is 9.56. The normalized spacial score (nSPS) is 10.5. The van der Waals surface area contributed by atoms with E-state index in [1.807, 2.05) is 0 Å². The minimum Gasteiger partial charge on any atom is -0.435 e. The first kappa shape index (κ1) is 14.9. The van der Waals surface area contributed by atoms with Crippen molar-refractivity contribution in [2.24, 2.45) is 0 Å². The topological polar surface area (TPSA) is 38.3 Å². The molecule has 2 aromatic carbocycles. The summed E-state index contributed by atoms with van der Waals surface area (Å²) in [5.74, 6) is -1.26. The number of rotatable bonds is 4. The van der Waals surface area contributed by atoms with Crippen molar-refractivity contribution < 1.29 is 22.7 Å². The molecule has 0 saturated carbocycles.